The summed E-state index contributed by atoms with van der Waals surface area (Å²) in [5.41, 5.74) is 0.619. The fourth-order valence-corrected chi connectivity index (χ4v) is 2.10. The minimum Gasteiger partial charge on any atom is -0.367 e. The molecule has 0 aromatic carbocycles. The predicted octanol–water partition coefficient (Wildman–Crippen LogP) is 0.724. The van der Waals surface area contributed by atoms with E-state index in [1.165, 1.54) is 0 Å². The van der Waals surface area contributed by atoms with Gasteiger partial charge in [0.1, 0.15) is 0 Å². The SMILES string of the molecule is CC(C)(C(=O)N1CCNCC1)c1cc[nH]c1. The minimum absolute atomic E-state index is 0.216. The van der Waals surface area contributed by atoms with Crippen molar-refractivity contribution in [3.63, 3.8) is 0 Å². The van der Waals surface area contributed by atoms with Crippen molar-refractivity contribution in [3.8, 4) is 0 Å². The predicted molar refractivity (Wildman–Crippen MR) is 63.3 cm³/mol. The van der Waals surface area contributed by atoms with Crippen LogP contribution < -0.4 is 5.32 Å². The zero-order chi connectivity index (χ0) is 11.6. The number of hydrogen-bond acceptors (Lipinski definition) is 2. The van der Waals surface area contributed by atoms with Gasteiger partial charge in [-0.05, 0) is 25.5 Å². The van der Waals surface area contributed by atoms with Crippen molar-refractivity contribution in [2.75, 3.05) is 26.2 Å². The molecular weight excluding hydrogens is 202 g/mol. The molecule has 1 aliphatic heterocycles. The molecule has 0 saturated carbocycles. The van der Waals surface area contributed by atoms with Crippen LogP contribution in [0, 0.1) is 0 Å². The van der Waals surface area contributed by atoms with Crippen LogP contribution in [0.5, 0.6) is 0 Å². The molecule has 0 bridgehead atoms. The van der Waals surface area contributed by atoms with Crippen LogP contribution in [0.4, 0.5) is 0 Å². The lowest BCUT2D eigenvalue weighted by Gasteiger charge is -2.34. The number of H-pyrrole nitrogens is 1. The van der Waals surface area contributed by atoms with E-state index in [1.54, 1.807) is 0 Å². The quantitative estimate of drug-likeness (QED) is 0.773. The molecule has 1 saturated heterocycles. The first-order valence-electron chi connectivity index (χ1n) is 5.76. The van der Waals surface area contributed by atoms with Crippen molar-refractivity contribution >= 4 is 5.91 Å². The van der Waals surface area contributed by atoms with Gasteiger partial charge in [-0.2, -0.15) is 0 Å². The Labute approximate surface area is 96.0 Å². The topological polar surface area (TPSA) is 48.1 Å². The van der Waals surface area contributed by atoms with E-state index in [4.69, 9.17) is 0 Å². The summed E-state index contributed by atoms with van der Waals surface area (Å²) in [5, 5.41) is 3.26. The van der Waals surface area contributed by atoms with Crippen LogP contribution in [-0.4, -0.2) is 42.0 Å². The van der Waals surface area contributed by atoms with Gasteiger partial charge >= 0.3 is 0 Å². The molecule has 0 atom stereocenters. The summed E-state index contributed by atoms with van der Waals surface area (Å²) in [7, 11) is 0. The number of rotatable bonds is 2. The molecular formula is C12H19N3O. The first-order valence-corrected chi connectivity index (χ1v) is 5.76. The summed E-state index contributed by atoms with van der Waals surface area (Å²) in [5.74, 6) is 0.216. The van der Waals surface area contributed by atoms with Gasteiger partial charge in [0, 0.05) is 38.6 Å². The third-order valence-corrected chi connectivity index (χ3v) is 3.26. The van der Waals surface area contributed by atoms with Gasteiger partial charge in [-0.25, -0.2) is 0 Å². The monoisotopic (exact) mass is 221 g/mol. The number of nitrogens with zero attached hydrogens (tertiary/aromatic N) is 1. The molecule has 2 N–H and O–H groups in total. The van der Waals surface area contributed by atoms with Crippen LogP contribution in [-0.2, 0) is 10.2 Å². The van der Waals surface area contributed by atoms with Crippen molar-refractivity contribution < 1.29 is 4.79 Å². The van der Waals surface area contributed by atoms with Gasteiger partial charge in [-0.3, -0.25) is 4.79 Å². The van der Waals surface area contributed by atoms with Crippen LogP contribution in [0.15, 0.2) is 18.5 Å². The molecule has 4 nitrogen and oxygen atoms in total. The van der Waals surface area contributed by atoms with Crippen LogP contribution in [0.25, 0.3) is 0 Å². The average molecular weight is 221 g/mol. The minimum atomic E-state index is -0.433. The first-order chi connectivity index (χ1) is 7.62. The van der Waals surface area contributed by atoms with E-state index in [9.17, 15) is 4.79 Å². The van der Waals surface area contributed by atoms with E-state index >= 15 is 0 Å². The van der Waals surface area contributed by atoms with Gasteiger partial charge in [-0.1, -0.05) is 0 Å². The third-order valence-electron chi connectivity index (χ3n) is 3.26. The number of carbonyl (C=O) groups excluding carboxylic acids is 1. The number of amides is 1. The molecule has 2 rings (SSSR count). The van der Waals surface area contributed by atoms with E-state index in [1.807, 2.05) is 37.2 Å². The number of aromatic nitrogens is 1. The van der Waals surface area contributed by atoms with E-state index in [0.29, 0.717) is 0 Å². The van der Waals surface area contributed by atoms with Crippen molar-refractivity contribution in [2.24, 2.45) is 0 Å². The highest BCUT2D eigenvalue weighted by atomic mass is 16.2. The Kier molecular flexibility index (Phi) is 3.01. The molecule has 1 aliphatic rings. The fraction of sp³-hybridized carbons (Fsp3) is 0.583. The number of piperazine rings is 1. The highest BCUT2D eigenvalue weighted by Gasteiger charge is 2.34. The maximum absolute atomic E-state index is 12.4. The molecule has 0 spiro atoms. The molecule has 1 amide bonds. The van der Waals surface area contributed by atoms with Gasteiger partial charge in [0.2, 0.25) is 5.91 Å². The summed E-state index contributed by atoms with van der Waals surface area (Å²) in [4.78, 5) is 17.4. The highest BCUT2D eigenvalue weighted by molar-refractivity contribution is 5.87. The van der Waals surface area contributed by atoms with Crippen molar-refractivity contribution in [1.82, 2.24) is 15.2 Å². The van der Waals surface area contributed by atoms with E-state index in [0.717, 1.165) is 31.7 Å². The first kappa shape index (κ1) is 11.2. The van der Waals surface area contributed by atoms with Gasteiger partial charge in [0.25, 0.3) is 0 Å². The van der Waals surface area contributed by atoms with E-state index in [2.05, 4.69) is 10.3 Å². The fourth-order valence-electron chi connectivity index (χ4n) is 2.10. The molecule has 0 radical (unpaired) electrons. The molecule has 1 fully saturated rings. The number of hydrogen-bond donors (Lipinski definition) is 2. The Bertz CT molecular complexity index is 350. The smallest absolute Gasteiger partial charge is 0.232 e. The zero-order valence-corrected chi connectivity index (χ0v) is 9.92. The van der Waals surface area contributed by atoms with Crippen LogP contribution in [0.1, 0.15) is 19.4 Å². The van der Waals surface area contributed by atoms with Crippen LogP contribution in [0.2, 0.25) is 0 Å². The van der Waals surface area contributed by atoms with Crippen molar-refractivity contribution in [2.45, 2.75) is 19.3 Å². The lowest BCUT2D eigenvalue weighted by molar-refractivity contribution is -0.136. The summed E-state index contributed by atoms with van der Waals surface area (Å²) in [6.45, 7) is 7.39. The second-order valence-corrected chi connectivity index (χ2v) is 4.77. The highest BCUT2D eigenvalue weighted by Crippen LogP contribution is 2.25. The average Bonchev–Trinajstić information content (AvgIpc) is 2.83. The second-order valence-electron chi connectivity index (χ2n) is 4.77. The molecule has 2 heterocycles. The second kappa shape index (κ2) is 4.29. The van der Waals surface area contributed by atoms with Gasteiger partial charge in [0.05, 0.1) is 5.41 Å². The molecule has 1 aromatic heterocycles. The Morgan fingerprint density at radius 1 is 1.38 bits per heavy atom. The largest absolute Gasteiger partial charge is 0.367 e. The number of carbonyl (C=O) groups is 1. The lowest BCUT2D eigenvalue weighted by Crippen LogP contribution is -2.51. The number of nitrogens with one attached hydrogen (secondary N) is 2. The molecule has 88 valence electrons. The molecule has 0 aliphatic carbocycles. The summed E-state index contributed by atoms with van der Waals surface area (Å²) < 4.78 is 0. The Morgan fingerprint density at radius 2 is 2.06 bits per heavy atom. The zero-order valence-electron chi connectivity index (χ0n) is 9.92. The van der Waals surface area contributed by atoms with Crippen LogP contribution in [0.3, 0.4) is 0 Å². The maximum atomic E-state index is 12.4. The van der Waals surface area contributed by atoms with Gasteiger partial charge in [0.15, 0.2) is 0 Å². The molecule has 1 aromatic rings. The normalized spacial score (nSPS) is 17.5. The molecule has 16 heavy (non-hydrogen) atoms. The van der Waals surface area contributed by atoms with Gasteiger partial charge < -0.3 is 15.2 Å². The molecule has 0 unspecified atom stereocenters. The van der Waals surface area contributed by atoms with E-state index in [-0.39, 0.29) is 5.91 Å². The maximum Gasteiger partial charge on any atom is 0.232 e. The van der Waals surface area contributed by atoms with Gasteiger partial charge in [-0.15, -0.1) is 0 Å². The molecule has 4 heteroatoms. The third kappa shape index (κ3) is 1.97. The number of aromatic amines is 1. The summed E-state index contributed by atoms with van der Waals surface area (Å²) in [6.07, 6.45) is 3.77. The summed E-state index contributed by atoms with van der Waals surface area (Å²) >= 11 is 0. The van der Waals surface area contributed by atoms with Crippen LogP contribution >= 0.6 is 0 Å². The Balaban J connectivity index is 2.13. The lowest BCUT2D eigenvalue weighted by atomic mass is 9.85. The Morgan fingerprint density at radius 3 is 2.62 bits per heavy atom. The summed E-state index contributed by atoms with van der Waals surface area (Å²) in [6, 6.07) is 1.97. The van der Waals surface area contributed by atoms with Crippen molar-refractivity contribution in [3.05, 3.63) is 24.0 Å². The van der Waals surface area contributed by atoms with Crippen molar-refractivity contribution in [1.29, 1.82) is 0 Å². The standard InChI is InChI=1S/C12H19N3O/c1-12(2,10-3-4-14-9-10)11(16)15-7-5-13-6-8-15/h3-4,9,13-14H,5-8H2,1-2H3. The van der Waals surface area contributed by atoms with E-state index < -0.39 is 5.41 Å². The Hall–Kier alpha value is -1.29.